The Hall–Kier alpha value is -2.39. The number of benzene rings is 1. The first-order chi connectivity index (χ1) is 11.2. The molecule has 0 unspecified atom stereocenters. The molecule has 0 radical (unpaired) electrons. The van der Waals surface area contributed by atoms with Crippen LogP contribution in [0.4, 0.5) is 5.69 Å². The molecule has 1 heterocycles. The van der Waals surface area contributed by atoms with Crippen molar-refractivity contribution in [1.82, 2.24) is 9.88 Å². The Balaban J connectivity index is 2.11. The normalized spacial score (nSPS) is 12.7. The Labute approximate surface area is 140 Å². The number of hydrogen-bond donors (Lipinski definition) is 2. The lowest BCUT2D eigenvalue weighted by molar-refractivity contribution is -0.117. The van der Waals surface area contributed by atoms with Gasteiger partial charge in [-0.25, -0.2) is 8.42 Å². The van der Waals surface area contributed by atoms with Crippen LogP contribution in [0.1, 0.15) is 18.4 Å². The number of hydrogen-bond acceptors (Lipinski definition) is 6. The van der Waals surface area contributed by atoms with Crippen molar-refractivity contribution >= 4 is 21.6 Å². The van der Waals surface area contributed by atoms with Gasteiger partial charge in [0.2, 0.25) is 15.9 Å². The number of sulfonamides is 1. The summed E-state index contributed by atoms with van der Waals surface area (Å²) in [6, 6.07) is 5.77. The summed E-state index contributed by atoms with van der Waals surface area (Å²) in [6.45, 7) is 4.47. The molecule has 0 bridgehead atoms. The minimum atomic E-state index is -3.92. The SMILES string of the molecule is COc1cccc(NC(=O)[C@H](C)NS(=O)(=O)c2c(C)noc2C)c1. The molecule has 0 aliphatic heterocycles. The average Bonchev–Trinajstić information content (AvgIpc) is 2.86. The van der Waals surface area contributed by atoms with Crippen molar-refractivity contribution in [3.05, 3.63) is 35.7 Å². The zero-order chi connectivity index (χ0) is 17.9. The van der Waals surface area contributed by atoms with Crippen LogP contribution in [0.25, 0.3) is 0 Å². The van der Waals surface area contributed by atoms with Gasteiger partial charge in [-0.3, -0.25) is 4.79 Å². The van der Waals surface area contributed by atoms with Crippen LogP contribution in [0.5, 0.6) is 5.75 Å². The van der Waals surface area contributed by atoms with Gasteiger partial charge in [0.15, 0.2) is 5.76 Å². The maximum Gasteiger partial charge on any atom is 0.246 e. The Kier molecular flexibility index (Phi) is 5.25. The number of ether oxygens (including phenoxy) is 1. The second kappa shape index (κ2) is 7.02. The van der Waals surface area contributed by atoms with Crippen LogP contribution in [-0.2, 0) is 14.8 Å². The van der Waals surface area contributed by atoms with Crippen LogP contribution >= 0.6 is 0 Å². The molecule has 9 heteroatoms. The molecule has 0 saturated carbocycles. The van der Waals surface area contributed by atoms with E-state index in [4.69, 9.17) is 9.26 Å². The monoisotopic (exact) mass is 353 g/mol. The minimum absolute atomic E-state index is 0.0523. The van der Waals surface area contributed by atoms with Gasteiger partial charge in [0.05, 0.1) is 13.2 Å². The maximum atomic E-state index is 12.4. The highest BCUT2D eigenvalue weighted by Crippen LogP contribution is 2.20. The molecule has 24 heavy (non-hydrogen) atoms. The van der Waals surface area contributed by atoms with E-state index in [2.05, 4.69) is 15.2 Å². The Bertz CT molecular complexity index is 825. The third-order valence-electron chi connectivity index (χ3n) is 3.30. The number of carbonyl (C=O) groups is 1. The average molecular weight is 353 g/mol. The predicted molar refractivity (Wildman–Crippen MR) is 87.4 cm³/mol. The molecule has 130 valence electrons. The van der Waals surface area contributed by atoms with Crippen molar-refractivity contribution < 1.29 is 22.5 Å². The van der Waals surface area contributed by atoms with Gasteiger partial charge < -0.3 is 14.6 Å². The molecule has 1 atom stereocenters. The van der Waals surface area contributed by atoms with Crippen LogP contribution in [-0.4, -0.2) is 32.6 Å². The quantitative estimate of drug-likeness (QED) is 0.816. The van der Waals surface area contributed by atoms with Gasteiger partial charge in [0, 0.05) is 11.8 Å². The Morgan fingerprint density at radius 2 is 2.04 bits per heavy atom. The molecular formula is C15H19N3O5S. The summed E-state index contributed by atoms with van der Waals surface area (Å²) < 4.78 is 37.0. The third kappa shape index (κ3) is 3.92. The number of carbonyl (C=O) groups excluding carboxylic acids is 1. The van der Waals surface area contributed by atoms with Gasteiger partial charge in [-0.15, -0.1) is 0 Å². The molecule has 2 N–H and O–H groups in total. The molecule has 2 rings (SSSR count). The highest BCUT2D eigenvalue weighted by atomic mass is 32.2. The van der Waals surface area contributed by atoms with Gasteiger partial charge in [-0.1, -0.05) is 11.2 Å². The van der Waals surface area contributed by atoms with Crippen molar-refractivity contribution in [2.24, 2.45) is 0 Å². The lowest BCUT2D eigenvalue weighted by Gasteiger charge is -2.14. The van der Waals surface area contributed by atoms with E-state index >= 15 is 0 Å². The largest absolute Gasteiger partial charge is 0.497 e. The topological polar surface area (TPSA) is 111 Å². The number of aryl methyl sites for hydroxylation is 2. The lowest BCUT2D eigenvalue weighted by Crippen LogP contribution is -2.41. The van der Waals surface area contributed by atoms with E-state index < -0.39 is 22.0 Å². The molecule has 1 amide bonds. The second-order valence-corrected chi connectivity index (χ2v) is 6.87. The van der Waals surface area contributed by atoms with Crippen molar-refractivity contribution in [3.8, 4) is 5.75 Å². The summed E-state index contributed by atoms with van der Waals surface area (Å²) in [7, 11) is -2.40. The molecule has 0 spiro atoms. The van der Waals surface area contributed by atoms with E-state index in [1.54, 1.807) is 24.3 Å². The number of rotatable bonds is 6. The first kappa shape index (κ1) is 18.0. The summed E-state index contributed by atoms with van der Waals surface area (Å²) in [6.07, 6.45) is 0. The highest BCUT2D eigenvalue weighted by Gasteiger charge is 2.28. The Morgan fingerprint density at radius 3 is 2.62 bits per heavy atom. The third-order valence-corrected chi connectivity index (χ3v) is 5.08. The van der Waals surface area contributed by atoms with Gasteiger partial charge >= 0.3 is 0 Å². The van der Waals surface area contributed by atoms with E-state index in [-0.39, 0.29) is 16.3 Å². The van der Waals surface area contributed by atoms with Crippen LogP contribution in [0, 0.1) is 13.8 Å². The fourth-order valence-electron chi connectivity index (χ4n) is 2.15. The standard InChI is InChI=1S/C15H19N3O5S/c1-9-14(11(3)23-17-9)24(20,21)18-10(2)15(19)16-12-6-5-7-13(8-12)22-4/h5-8,10,18H,1-4H3,(H,16,19)/t10-/m0/s1. The molecule has 0 saturated heterocycles. The van der Waals surface area contributed by atoms with Crippen LogP contribution in [0.3, 0.4) is 0 Å². The summed E-state index contributed by atoms with van der Waals surface area (Å²) in [4.78, 5) is 12.2. The van der Waals surface area contributed by atoms with Crippen LogP contribution in [0.15, 0.2) is 33.7 Å². The molecule has 0 aliphatic rings. The molecule has 0 fully saturated rings. The number of anilines is 1. The van der Waals surface area contributed by atoms with Crippen molar-refractivity contribution in [1.29, 1.82) is 0 Å². The zero-order valence-corrected chi connectivity index (χ0v) is 14.6. The minimum Gasteiger partial charge on any atom is -0.497 e. The number of methoxy groups -OCH3 is 1. The highest BCUT2D eigenvalue weighted by molar-refractivity contribution is 7.89. The van der Waals surface area contributed by atoms with E-state index in [0.717, 1.165) is 0 Å². The van der Waals surface area contributed by atoms with Crippen molar-refractivity contribution in [2.75, 3.05) is 12.4 Å². The van der Waals surface area contributed by atoms with Gasteiger partial charge in [0.25, 0.3) is 0 Å². The molecular weight excluding hydrogens is 334 g/mol. The van der Waals surface area contributed by atoms with Gasteiger partial charge in [-0.05, 0) is 32.9 Å². The summed E-state index contributed by atoms with van der Waals surface area (Å²) in [5.74, 6) is 0.246. The van der Waals surface area contributed by atoms with Crippen LogP contribution < -0.4 is 14.8 Å². The van der Waals surface area contributed by atoms with Crippen molar-refractivity contribution in [2.45, 2.75) is 31.7 Å². The smallest absolute Gasteiger partial charge is 0.246 e. The Morgan fingerprint density at radius 1 is 1.33 bits per heavy atom. The fourth-order valence-corrected chi connectivity index (χ4v) is 3.69. The first-order valence-corrected chi connectivity index (χ1v) is 8.63. The first-order valence-electron chi connectivity index (χ1n) is 7.14. The van der Waals surface area contributed by atoms with E-state index in [9.17, 15) is 13.2 Å². The molecule has 0 aliphatic carbocycles. The lowest BCUT2D eigenvalue weighted by atomic mass is 10.2. The fraction of sp³-hybridized carbons (Fsp3) is 0.333. The van der Waals surface area contributed by atoms with E-state index in [1.807, 2.05) is 0 Å². The number of nitrogens with one attached hydrogen (secondary N) is 2. The van der Waals surface area contributed by atoms with E-state index in [1.165, 1.54) is 27.9 Å². The van der Waals surface area contributed by atoms with Crippen LogP contribution in [0.2, 0.25) is 0 Å². The predicted octanol–water partition coefficient (Wildman–Crippen LogP) is 1.61. The van der Waals surface area contributed by atoms with E-state index in [0.29, 0.717) is 11.4 Å². The molecule has 1 aromatic carbocycles. The summed E-state index contributed by atoms with van der Waals surface area (Å²) >= 11 is 0. The van der Waals surface area contributed by atoms with Crippen molar-refractivity contribution in [3.63, 3.8) is 0 Å². The molecule has 8 nitrogen and oxygen atoms in total. The maximum absolute atomic E-state index is 12.4. The van der Waals surface area contributed by atoms with Gasteiger partial charge in [-0.2, -0.15) is 4.72 Å². The number of amides is 1. The summed E-state index contributed by atoms with van der Waals surface area (Å²) in [5.41, 5.74) is 0.739. The summed E-state index contributed by atoms with van der Waals surface area (Å²) in [5, 5.41) is 6.24. The van der Waals surface area contributed by atoms with Gasteiger partial charge in [0.1, 0.15) is 16.3 Å². The molecule has 1 aromatic heterocycles. The number of aromatic nitrogens is 1. The number of nitrogens with zero attached hydrogens (tertiary/aromatic N) is 1. The second-order valence-electron chi connectivity index (χ2n) is 5.22. The zero-order valence-electron chi connectivity index (χ0n) is 13.8. The molecule has 2 aromatic rings.